The fourth-order valence-corrected chi connectivity index (χ4v) is 4.04. The first kappa shape index (κ1) is 18.9. The molecule has 1 saturated carbocycles. The Morgan fingerprint density at radius 2 is 2.03 bits per heavy atom. The van der Waals surface area contributed by atoms with Gasteiger partial charge in [0.2, 0.25) is 5.89 Å². The zero-order valence-electron chi connectivity index (χ0n) is 16.7. The maximum Gasteiger partial charge on any atom is 0.239 e. The molecule has 3 aromatic heterocycles. The molecule has 0 radical (unpaired) electrons. The first-order valence-electron chi connectivity index (χ1n) is 9.81. The molecule has 5 rings (SSSR count). The average Bonchev–Trinajstić information content (AvgIpc) is 3.16. The van der Waals surface area contributed by atoms with Gasteiger partial charge in [0, 0.05) is 11.5 Å². The number of benzene rings is 1. The summed E-state index contributed by atoms with van der Waals surface area (Å²) in [7, 11) is 1.65. The molecule has 30 heavy (non-hydrogen) atoms. The third-order valence-corrected chi connectivity index (χ3v) is 6.06. The number of furan rings is 1. The average molecular weight is 423 g/mol. The number of rotatable bonds is 8. The van der Waals surface area contributed by atoms with Crippen molar-refractivity contribution in [2.75, 3.05) is 7.11 Å². The highest BCUT2D eigenvalue weighted by atomic mass is 32.2. The summed E-state index contributed by atoms with van der Waals surface area (Å²) >= 11 is 1.54. The van der Waals surface area contributed by atoms with E-state index in [9.17, 15) is 0 Å². The van der Waals surface area contributed by atoms with Gasteiger partial charge < -0.3 is 13.7 Å². The van der Waals surface area contributed by atoms with Crippen molar-refractivity contribution in [2.24, 2.45) is 0 Å². The summed E-state index contributed by atoms with van der Waals surface area (Å²) in [5.74, 6) is 4.26. The van der Waals surface area contributed by atoms with Gasteiger partial charge in [0.1, 0.15) is 11.5 Å². The minimum atomic E-state index is -0.0479. The molecule has 9 heteroatoms. The second-order valence-corrected chi connectivity index (χ2v) is 8.53. The molecule has 4 aromatic rings. The van der Waals surface area contributed by atoms with Crippen LogP contribution in [0.15, 0.2) is 56.8 Å². The molecule has 154 valence electrons. The molecule has 1 aliphatic carbocycles. The van der Waals surface area contributed by atoms with Gasteiger partial charge in [-0.3, -0.25) is 4.57 Å². The second-order valence-electron chi connectivity index (χ2n) is 7.23. The van der Waals surface area contributed by atoms with Gasteiger partial charge in [-0.05, 0) is 56.2 Å². The standard InChI is InChI=1S/C21H21N5O3S/c1-13(20-22-18(25-29-20)14-5-6-14)30-21-24-23-19(15-7-9-16(27-2)10-8-15)26(21)12-17-4-3-11-28-17/h3-4,7-11,13-14H,5-6,12H2,1-2H3. The SMILES string of the molecule is COc1ccc(-c2nnc(SC(C)c3nc(C4CC4)no3)n2Cc2ccco2)cc1. The number of hydrogen-bond donors (Lipinski definition) is 0. The smallest absolute Gasteiger partial charge is 0.239 e. The molecule has 0 saturated heterocycles. The number of nitrogens with zero attached hydrogens (tertiary/aromatic N) is 5. The van der Waals surface area contributed by atoms with Gasteiger partial charge >= 0.3 is 0 Å². The molecule has 0 aliphatic heterocycles. The highest BCUT2D eigenvalue weighted by molar-refractivity contribution is 7.99. The summed E-state index contributed by atoms with van der Waals surface area (Å²) in [5.41, 5.74) is 0.947. The van der Waals surface area contributed by atoms with Crippen LogP contribution in [0, 0.1) is 0 Å². The molecule has 3 heterocycles. The second kappa shape index (κ2) is 7.98. The van der Waals surface area contributed by atoms with E-state index in [0.717, 1.165) is 46.7 Å². The maximum absolute atomic E-state index is 5.57. The molecular weight excluding hydrogens is 402 g/mol. The van der Waals surface area contributed by atoms with Crippen molar-refractivity contribution in [1.82, 2.24) is 24.9 Å². The Morgan fingerprint density at radius 3 is 2.73 bits per heavy atom. The molecule has 1 fully saturated rings. The number of ether oxygens (including phenoxy) is 1. The van der Waals surface area contributed by atoms with E-state index in [0.29, 0.717) is 18.4 Å². The van der Waals surface area contributed by atoms with Crippen LogP contribution >= 0.6 is 11.8 Å². The van der Waals surface area contributed by atoms with Gasteiger partial charge in [0.05, 0.1) is 25.2 Å². The Hall–Kier alpha value is -3.07. The minimum Gasteiger partial charge on any atom is -0.497 e. The van der Waals surface area contributed by atoms with E-state index in [-0.39, 0.29) is 5.25 Å². The number of aromatic nitrogens is 5. The van der Waals surface area contributed by atoms with Gasteiger partial charge in [0.15, 0.2) is 16.8 Å². The lowest BCUT2D eigenvalue weighted by Gasteiger charge is -2.11. The first-order chi connectivity index (χ1) is 14.7. The van der Waals surface area contributed by atoms with Gasteiger partial charge in [-0.15, -0.1) is 10.2 Å². The number of methoxy groups -OCH3 is 1. The van der Waals surface area contributed by atoms with E-state index < -0.39 is 0 Å². The van der Waals surface area contributed by atoms with Crippen molar-refractivity contribution in [1.29, 1.82) is 0 Å². The van der Waals surface area contributed by atoms with Crippen molar-refractivity contribution in [3.63, 3.8) is 0 Å². The van der Waals surface area contributed by atoms with E-state index in [1.807, 2.05) is 47.9 Å². The molecule has 0 amide bonds. The Bertz CT molecular complexity index is 1120. The van der Waals surface area contributed by atoms with Crippen molar-refractivity contribution in [3.8, 4) is 17.1 Å². The Balaban J connectivity index is 1.44. The zero-order valence-corrected chi connectivity index (χ0v) is 17.5. The summed E-state index contributed by atoms with van der Waals surface area (Å²) in [5, 5.41) is 13.7. The molecule has 0 bridgehead atoms. The van der Waals surface area contributed by atoms with Gasteiger partial charge in [0.25, 0.3) is 0 Å². The molecule has 1 atom stereocenters. The van der Waals surface area contributed by atoms with Crippen LogP contribution in [0.3, 0.4) is 0 Å². The van der Waals surface area contributed by atoms with Crippen LogP contribution in [0.1, 0.15) is 48.4 Å². The van der Waals surface area contributed by atoms with Crippen molar-refractivity contribution < 1.29 is 13.7 Å². The molecule has 1 aromatic carbocycles. The monoisotopic (exact) mass is 423 g/mol. The van der Waals surface area contributed by atoms with Crippen LogP contribution in [-0.4, -0.2) is 32.0 Å². The summed E-state index contributed by atoms with van der Waals surface area (Å²) in [6, 6.07) is 11.6. The van der Waals surface area contributed by atoms with Crippen molar-refractivity contribution >= 4 is 11.8 Å². The predicted octanol–water partition coefficient (Wildman–Crippen LogP) is 4.71. The molecule has 0 spiro atoms. The molecule has 1 aliphatic rings. The van der Waals surface area contributed by atoms with Crippen LogP contribution < -0.4 is 4.74 Å². The maximum atomic E-state index is 5.57. The Kier molecular flexibility index (Phi) is 5.04. The number of thioether (sulfide) groups is 1. The predicted molar refractivity (Wildman–Crippen MR) is 110 cm³/mol. The minimum absolute atomic E-state index is 0.0479. The van der Waals surface area contributed by atoms with Gasteiger partial charge in [-0.1, -0.05) is 16.9 Å². The number of hydrogen-bond acceptors (Lipinski definition) is 8. The fraction of sp³-hybridized carbons (Fsp3) is 0.333. The van der Waals surface area contributed by atoms with E-state index in [1.54, 1.807) is 25.1 Å². The van der Waals surface area contributed by atoms with Crippen LogP contribution in [0.25, 0.3) is 11.4 Å². The Labute approximate surface area is 177 Å². The highest BCUT2D eigenvalue weighted by Crippen LogP contribution is 2.40. The van der Waals surface area contributed by atoms with Crippen LogP contribution in [0.2, 0.25) is 0 Å². The summed E-state index contributed by atoms with van der Waals surface area (Å²) < 4.78 is 18.4. The third kappa shape index (κ3) is 3.85. The zero-order chi connectivity index (χ0) is 20.5. The third-order valence-electron chi connectivity index (χ3n) is 4.99. The normalized spacial score (nSPS) is 14.7. The van der Waals surface area contributed by atoms with E-state index >= 15 is 0 Å². The van der Waals surface area contributed by atoms with Crippen LogP contribution in [-0.2, 0) is 6.54 Å². The van der Waals surface area contributed by atoms with Crippen LogP contribution in [0.4, 0.5) is 0 Å². The largest absolute Gasteiger partial charge is 0.497 e. The first-order valence-corrected chi connectivity index (χ1v) is 10.7. The lowest BCUT2D eigenvalue weighted by atomic mass is 10.2. The summed E-state index contributed by atoms with van der Waals surface area (Å²) in [6.45, 7) is 2.56. The van der Waals surface area contributed by atoms with E-state index in [2.05, 4.69) is 20.3 Å². The quantitative estimate of drug-likeness (QED) is 0.376. The van der Waals surface area contributed by atoms with E-state index in [1.165, 1.54) is 0 Å². The molecule has 8 nitrogen and oxygen atoms in total. The van der Waals surface area contributed by atoms with Gasteiger partial charge in [-0.25, -0.2) is 0 Å². The van der Waals surface area contributed by atoms with Crippen molar-refractivity contribution in [2.45, 2.75) is 42.6 Å². The fourth-order valence-electron chi connectivity index (χ4n) is 3.16. The molecular formula is C21H21N5O3S. The van der Waals surface area contributed by atoms with Gasteiger partial charge in [-0.2, -0.15) is 4.98 Å². The summed E-state index contributed by atoms with van der Waals surface area (Å²) in [6.07, 6.45) is 3.95. The lowest BCUT2D eigenvalue weighted by Crippen LogP contribution is -2.04. The van der Waals surface area contributed by atoms with Crippen LogP contribution in [0.5, 0.6) is 5.75 Å². The van der Waals surface area contributed by atoms with E-state index in [4.69, 9.17) is 13.7 Å². The lowest BCUT2D eigenvalue weighted by molar-refractivity contribution is 0.374. The molecule has 1 unspecified atom stereocenters. The topological polar surface area (TPSA) is 92.0 Å². The van der Waals surface area contributed by atoms with Crippen molar-refractivity contribution in [3.05, 3.63) is 60.1 Å². The summed E-state index contributed by atoms with van der Waals surface area (Å²) in [4.78, 5) is 4.57. The Morgan fingerprint density at radius 1 is 1.20 bits per heavy atom. The highest BCUT2D eigenvalue weighted by Gasteiger charge is 2.30. The molecule has 0 N–H and O–H groups in total.